The minimum atomic E-state index is -1.10. The zero-order valence-electron chi connectivity index (χ0n) is 10.3. The Balaban J connectivity index is 2.88. The van der Waals surface area contributed by atoms with E-state index >= 15 is 0 Å². The SMILES string of the molecule is C[C@]1(C(=O)O)CCC[C@@H]1[C@@H](CCC(=O)O)C(=O)O. The first kappa shape index (κ1) is 14.5. The maximum atomic E-state index is 11.3. The largest absolute Gasteiger partial charge is 0.481 e. The van der Waals surface area contributed by atoms with Crippen molar-refractivity contribution in [3.63, 3.8) is 0 Å². The van der Waals surface area contributed by atoms with Gasteiger partial charge in [-0.25, -0.2) is 0 Å². The molecule has 0 aromatic heterocycles. The summed E-state index contributed by atoms with van der Waals surface area (Å²) in [6, 6.07) is 0. The minimum Gasteiger partial charge on any atom is -0.481 e. The summed E-state index contributed by atoms with van der Waals surface area (Å²) >= 11 is 0. The van der Waals surface area contributed by atoms with Crippen molar-refractivity contribution in [2.45, 2.75) is 39.0 Å². The van der Waals surface area contributed by atoms with E-state index in [1.54, 1.807) is 6.92 Å². The van der Waals surface area contributed by atoms with E-state index in [-0.39, 0.29) is 12.8 Å². The number of hydrogen-bond acceptors (Lipinski definition) is 3. The Labute approximate surface area is 105 Å². The summed E-state index contributed by atoms with van der Waals surface area (Å²) < 4.78 is 0. The zero-order chi connectivity index (χ0) is 13.9. The summed E-state index contributed by atoms with van der Waals surface area (Å²) in [6.07, 6.45) is 1.38. The van der Waals surface area contributed by atoms with Gasteiger partial charge in [0.1, 0.15) is 0 Å². The fourth-order valence-electron chi connectivity index (χ4n) is 2.88. The molecule has 0 heterocycles. The maximum Gasteiger partial charge on any atom is 0.309 e. The molecule has 102 valence electrons. The monoisotopic (exact) mass is 258 g/mol. The van der Waals surface area contributed by atoms with Crippen LogP contribution in [0.4, 0.5) is 0 Å². The summed E-state index contributed by atoms with van der Waals surface area (Å²) in [5.74, 6) is -4.55. The lowest BCUT2D eigenvalue weighted by Gasteiger charge is -2.31. The number of rotatable bonds is 6. The molecular formula is C12H18O6. The Bertz CT molecular complexity index is 364. The normalized spacial score (nSPS) is 28.8. The van der Waals surface area contributed by atoms with Crippen LogP contribution in [-0.4, -0.2) is 33.2 Å². The Kier molecular flexibility index (Phi) is 4.32. The molecule has 0 aromatic carbocycles. The molecule has 1 aliphatic carbocycles. The van der Waals surface area contributed by atoms with Crippen LogP contribution < -0.4 is 0 Å². The first-order chi connectivity index (χ1) is 8.29. The van der Waals surface area contributed by atoms with Gasteiger partial charge in [-0.1, -0.05) is 6.42 Å². The molecule has 3 N–H and O–H groups in total. The Morgan fingerprint density at radius 3 is 2.33 bits per heavy atom. The molecule has 0 radical (unpaired) electrons. The van der Waals surface area contributed by atoms with Crippen molar-refractivity contribution in [3.05, 3.63) is 0 Å². The van der Waals surface area contributed by atoms with Crippen LogP contribution in [0.2, 0.25) is 0 Å². The molecule has 1 aliphatic rings. The zero-order valence-corrected chi connectivity index (χ0v) is 10.3. The number of carboxylic acid groups (broad SMARTS) is 3. The highest BCUT2D eigenvalue weighted by Gasteiger charge is 2.50. The Hall–Kier alpha value is -1.59. The van der Waals surface area contributed by atoms with Crippen molar-refractivity contribution in [2.75, 3.05) is 0 Å². The number of carbonyl (C=O) groups is 3. The Morgan fingerprint density at radius 1 is 1.28 bits per heavy atom. The maximum absolute atomic E-state index is 11.3. The molecule has 1 fully saturated rings. The molecule has 6 heteroatoms. The van der Waals surface area contributed by atoms with Crippen LogP contribution in [0.5, 0.6) is 0 Å². The average Bonchev–Trinajstić information content (AvgIpc) is 2.62. The van der Waals surface area contributed by atoms with Gasteiger partial charge in [0.25, 0.3) is 0 Å². The summed E-state index contributed by atoms with van der Waals surface area (Å²) in [6.45, 7) is 1.56. The van der Waals surface area contributed by atoms with Crippen LogP contribution in [0.15, 0.2) is 0 Å². The fraction of sp³-hybridized carbons (Fsp3) is 0.750. The standard InChI is InChI=1S/C12H18O6/c1-12(11(17)18)6-2-3-8(12)7(10(15)16)4-5-9(13)14/h7-8H,2-6H2,1H3,(H,13,14)(H,15,16)(H,17,18)/t7-,8-,12+/m1/s1. The number of aliphatic carboxylic acids is 3. The van der Waals surface area contributed by atoms with Crippen LogP contribution in [0.25, 0.3) is 0 Å². The van der Waals surface area contributed by atoms with Crippen molar-refractivity contribution in [1.29, 1.82) is 0 Å². The predicted molar refractivity (Wildman–Crippen MR) is 61.1 cm³/mol. The van der Waals surface area contributed by atoms with Crippen molar-refractivity contribution >= 4 is 17.9 Å². The molecule has 0 saturated heterocycles. The molecule has 3 atom stereocenters. The second-order valence-electron chi connectivity index (χ2n) is 5.10. The van der Waals surface area contributed by atoms with Gasteiger partial charge in [0.15, 0.2) is 0 Å². The van der Waals surface area contributed by atoms with E-state index in [1.807, 2.05) is 0 Å². The molecule has 0 aromatic rings. The van der Waals surface area contributed by atoms with Gasteiger partial charge in [0.05, 0.1) is 11.3 Å². The lowest BCUT2D eigenvalue weighted by atomic mass is 9.71. The van der Waals surface area contributed by atoms with Crippen LogP contribution >= 0.6 is 0 Å². The third-order valence-electron chi connectivity index (χ3n) is 3.99. The van der Waals surface area contributed by atoms with E-state index in [2.05, 4.69) is 0 Å². The van der Waals surface area contributed by atoms with Crippen LogP contribution in [-0.2, 0) is 14.4 Å². The fourth-order valence-corrected chi connectivity index (χ4v) is 2.88. The quantitative estimate of drug-likeness (QED) is 0.664. The van der Waals surface area contributed by atoms with Gasteiger partial charge < -0.3 is 15.3 Å². The second kappa shape index (κ2) is 5.37. The topological polar surface area (TPSA) is 112 Å². The van der Waals surface area contributed by atoms with Gasteiger partial charge in [-0.15, -0.1) is 0 Å². The average molecular weight is 258 g/mol. The molecule has 18 heavy (non-hydrogen) atoms. The predicted octanol–water partition coefficient (Wildman–Crippen LogP) is 1.44. The van der Waals surface area contributed by atoms with E-state index < -0.39 is 35.2 Å². The molecule has 0 spiro atoms. The highest BCUT2D eigenvalue weighted by Crippen LogP contribution is 2.48. The molecule has 6 nitrogen and oxygen atoms in total. The number of hydrogen-bond donors (Lipinski definition) is 3. The lowest BCUT2D eigenvalue weighted by molar-refractivity contribution is -0.155. The second-order valence-corrected chi connectivity index (χ2v) is 5.10. The minimum absolute atomic E-state index is 0.0157. The van der Waals surface area contributed by atoms with Crippen molar-refractivity contribution in [2.24, 2.45) is 17.3 Å². The van der Waals surface area contributed by atoms with Crippen molar-refractivity contribution < 1.29 is 29.7 Å². The van der Waals surface area contributed by atoms with E-state index in [0.29, 0.717) is 19.3 Å². The van der Waals surface area contributed by atoms with Gasteiger partial charge in [-0.2, -0.15) is 0 Å². The Morgan fingerprint density at radius 2 is 1.89 bits per heavy atom. The third-order valence-corrected chi connectivity index (χ3v) is 3.99. The molecule has 1 rings (SSSR count). The third kappa shape index (κ3) is 2.80. The van der Waals surface area contributed by atoms with Gasteiger partial charge in [0, 0.05) is 6.42 Å². The highest BCUT2D eigenvalue weighted by atomic mass is 16.4. The van der Waals surface area contributed by atoms with E-state index in [9.17, 15) is 24.6 Å². The summed E-state index contributed by atoms with van der Waals surface area (Å²) in [5, 5.41) is 27.0. The number of carboxylic acids is 3. The van der Waals surface area contributed by atoms with E-state index in [4.69, 9.17) is 5.11 Å². The lowest BCUT2D eigenvalue weighted by Crippen LogP contribution is -2.38. The highest BCUT2D eigenvalue weighted by molar-refractivity contribution is 5.78. The van der Waals surface area contributed by atoms with Gasteiger partial charge in [-0.05, 0) is 32.1 Å². The van der Waals surface area contributed by atoms with Crippen LogP contribution in [0.1, 0.15) is 39.0 Å². The molecule has 0 amide bonds. The van der Waals surface area contributed by atoms with Crippen LogP contribution in [0, 0.1) is 17.3 Å². The smallest absolute Gasteiger partial charge is 0.309 e. The summed E-state index contributed by atoms with van der Waals surface area (Å²) in [5.41, 5.74) is -1.05. The van der Waals surface area contributed by atoms with Gasteiger partial charge in [-0.3, -0.25) is 14.4 Å². The summed E-state index contributed by atoms with van der Waals surface area (Å²) in [7, 11) is 0. The summed E-state index contributed by atoms with van der Waals surface area (Å²) in [4.78, 5) is 33.0. The molecule has 0 aliphatic heterocycles. The van der Waals surface area contributed by atoms with Gasteiger partial charge in [0.2, 0.25) is 0 Å². The molecule has 1 saturated carbocycles. The van der Waals surface area contributed by atoms with Gasteiger partial charge >= 0.3 is 17.9 Å². The van der Waals surface area contributed by atoms with E-state index in [1.165, 1.54) is 0 Å². The van der Waals surface area contributed by atoms with Crippen molar-refractivity contribution in [3.8, 4) is 0 Å². The molecule has 0 unspecified atom stereocenters. The van der Waals surface area contributed by atoms with Crippen LogP contribution in [0.3, 0.4) is 0 Å². The first-order valence-electron chi connectivity index (χ1n) is 5.97. The van der Waals surface area contributed by atoms with Crippen molar-refractivity contribution in [1.82, 2.24) is 0 Å². The molecular weight excluding hydrogens is 240 g/mol. The first-order valence-corrected chi connectivity index (χ1v) is 5.97. The molecule has 0 bridgehead atoms. The van der Waals surface area contributed by atoms with E-state index in [0.717, 1.165) is 0 Å².